The van der Waals surface area contributed by atoms with Crippen molar-refractivity contribution in [3.8, 4) is 0 Å². The van der Waals surface area contributed by atoms with Crippen molar-refractivity contribution in [2.24, 2.45) is 7.05 Å². The molecular formula is C13H13N5O3. The first-order valence-electron chi connectivity index (χ1n) is 6.31. The number of H-pyrrole nitrogens is 1. The van der Waals surface area contributed by atoms with E-state index in [1.165, 1.54) is 17.0 Å². The van der Waals surface area contributed by atoms with Gasteiger partial charge in [-0.3, -0.25) is 4.57 Å². The minimum atomic E-state index is -1.08. The van der Waals surface area contributed by atoms with Crippen molar-refractivity contribution < 1.29 is 9.90 Å². The molecule has 3 aromatic rings. The van der Waals surface area contributed by atoms with E-state index in [4.69, 9.17) is 0 Å². The summed E-state index contributed by atoms with van der Waals surface area (Å²) in [5.41, 5.74) is 0.522. The van der Waals surface area contributed by atoms with Gasteiger partial charge in [-0.25, -0.2) is 9.59 Å². The van der Waals surface area contributed by atoms with Crippen molar-refractivity contribution in [1.29, 1.82) is 0 Å². The number of imidazole rings is 1. The first-order valence-corrected chi connectivity index (χ1v) is 6.31. The summed E-state index contributed by atoms with van der Waals surface area (Å²) < 4.78 is 3.09. The Bertz CT molecular complexity index is 889. The summed E-state index contributed by atoms with van der Waals surface area (Å²) in [6.45, 7) is 1.78. The van der Waals surface area contributed by atoms with Crippen LogP contribution in [0.2, 0.25) is 0 Å². The van der Waals surface area contributed by atoms with Crippen LogP contribution in [0.1, 0.15) is 29.1 Å². The number of aryl methyl sites for hydroxylation is 1. The maximum Gasteiger partial charge on any atom is 0.337 e. The SMILES string of the molecule is CC(c1nncn1C)n1c(=O)[nH]c2cccc(C(=O)O)c21. The molecular weight excluding hydrogens is 274 g/mol. The van der Waals surface area contributed by atoms with E-state index < -0.39 is 12.0 Å². The van der Waals surface area contributed by atoms with Gasteiger partial charge in [0, 0.05) is 7.05 Å². The van der Waals surface area contributed by atoms with Gasteiger partial charge in [0.2, 0.25) is 0 Å². The number of para-hydroxylation sites is 1. The molecule has 3 rings (SSSR count). The average molecular weight is 287 g/mol. The van der Waals surface area contributed by atoms with Gasteiger partial charge >= 0.3 is 11.7 Å². The Morgan fingerprint density at radius 2 is 2.19 bits per heavy atom. The first-order chi connectivity index (χ1) is 10.0. The largest absolute Gasteiger partial charge is 0.478 e. The number of aromatic nitrogens is 5. The summed E-state index contributed by atoms with van der Waals surface area (Å²) in [5, 5.41) is 17.1. The van der Waals surface area contributed by atoms with Crippen molar-refractivity contribution in [3.63, 3.8) is 0 Å². The minimum absolute atomic E-state index is 0.0693. The number of carboxylic acids is 1. The number of nitrogens with zero attached hydrogens (tertiary/aromatic N) is 4. The highest BCUT2D eigenvalue weighted by Gasteiger charge is 2.22. The lowest BCUT2D eigenvalue weighted by molar-refractivity contribution is 0.0698. The first kappa shape index (κ1) is 13.1. The molecule has 1 unspecified atom stereocenters. The average Bonchev–Trinajstić information content (AvgIpc) is 2.99. The van der Waals surface area contributed by atoms with Crippen LogP contribution in [0.25, 0.3) is 11.0 Å². The second kappa shape index (κ2) is 4.58. The number of carbonyl (C=O) groups is 1. The van der Waals surface area contributed by atoms with E-state index in [0.717, 1.165) is 0 Å². The van der Waals surface area contributed by atoms with Gasteiger partial charge in [0.25, 0.3) is 0 Å². The molecule has 2 heterocycles. The highest BCUT2D eigenvalue weighted by molar-refractivity contribution is 6.01. The summed E-state index contributed by atoms with van der Waals surface area (Å²) in [6.07, 6.45) is 1.53. The molecule has 0 radical (unpaired) electrons. The lowest BCUT2D eigenvalue weighted by Gasteiger charge is -2.13. The number of fused-ring (bicyclic) bond motifs is 1. The predicted molar refractivity (Wildman–Crippen MR) is 74.3 cm³/mol. The predicted octanol–water partition coefficient (Wildman–Crippen LogP) is 0.766. The van der Waals surface area contributed by atoms with Crippen molar-refractivity contribution in [2.75, 3.05) is 0 Å². The molecule has 0 aliphatic heterocycles. The molecule has 0 aliphatic rings. The number of hydrogen-bond donors (Lipinski definition) is 2. The van der Waals surface area contributed by atoms with Gasteiger partial charge in [-0.1, -0.05) is 6.07 Å². The van der Waals surface area contributed by atoms with Crippen LogP contribution in [0.5, 0.6) is 0 Å². The Balaban J connectivity index is 2.32. The van der Waals surface area contributed by atoms with Gasteiger partial charge < -0.3 is 14.7 Å². The third-order valence-corrected chi connectivity index (χ3v) is 3.48. The van der Waals surface area contributed by atoms with Crippen molar-refractivity contribution in [1.82, 2.24) is 24.3 Å². The molecule has 21 heavy (non-hydrogen) atoms. The Labute approximate surface area is 118 Å². The fourth-order valence-corrected chi connectivity index (χ4v) is 2.51. The quantitative estimate of drug-likeness (QED) is 0.740. The second-order valence-electron chi connectivity index (χ2n) is 4.78. The fourth-order valence-electron chi connectivity index (χ4n) is 2.51. The van der Waals surface area contributed by atoms with Crippen molar-refractivity contribution in [2.45, 2.75) is 13.0 Å². The zero-order valence-corrected chi connectivity index (χ0v) is 11.4. The summed E-state index contributed by atoms with van der Waals surface area (Å²) in [5.74, 6) is -0.517. The molecule has 1 atom stereocenters. The lowest BCUT2D eigenvalue weighted by atomic mass is 10.1. The van der Waals surface area contributed by atoms with Crippen LogP contribution in [-0.2, 0) is 7.05 Å². The molecule has 0 spiro atoms. The number of rotatable bonds is 3. The molecule has 1 aromatic carbocycles. The van der Waals surface area contributed by atoms with E-state index in [0.29, 0.717) is 16.9 Å². The number of nitrogens with one attached hydrogen (secondary N) is 1. The molecule has 8 heteroatoms. The maximum atomic E-state index is 12.2. The summed E-state index contributed by atoms with van der Waals surface area (Å²) in [4.78, 5) is 26.3. The van der Waals surface area contributed by atoms with E-state index in [1.54, 1.807) is 30.7 Å². The van der Waals surface area contributed by atoms with Crippen LogP contribution in [0.3, 0.4) is 0 Å². The van der Waals surface area contributed by atoms with Crippen molar-refractivity contribution >= 4 is 17.0 Å². The van der Waals surface area contributed by atoms with E-state index in [2.05, 4.69) is 15.2 Å². The molecule has 8 nitrogen and oxygen atoms in total. The summed E-state index contributed by atoms with van der Waals surface area (Å²) >= 11 is 0. The van der Waals surface area contributed by atoms with Crippen LogP contribution < -0.4 is 5.69 Å². The molecule has 0 saturated carbocycles. The molecule has 2 N–H and O–H groups in total. The third kappa shape index (κ3) is 1.92. The van der Waals surface area contributed by atoms with E-state index in [-0.39, 0.29) is 11.3 Å². The van der Waals surface area contributed by atoms with Gasteiger partial charge in [-0.05, 0) is 19.1 Å². The summed E-state index contributed by atoms with van der Waals surface area (Å²) in [7, 11) is 1.77. The molecule has 0 amide bonds. The zero-order valence-electron chi connectivity index (χ0n) is 11.4. The van der Waals surface area contributed by atoms with Gasteiger partial charge in [-0.15, -0.1) is 10.2 Å². The number of aromatic amines is 1. The van der Waals surface area contributed by atoms with Gasteiger partial charge in [0.15, 0.2) is 5.82 Å². The highest BCUT2D eigenvalue weighted by atomic mass is 16.4. The highest BCUT2D eigenvalue weighted by Crippen LogP contribution is 2.22. The Hall–Kier alpha value is -2.90. The Morgan fingerprint density at radius 3 is 2.81 bits per heavy atom. The number of benzene rings is 1. The molecule has 0 saturated heterocycles. The normalized spacial score (nSPS) is 12.7. The summed E-state index contributed by atoms with van der Waals surface area (Å²) in [6, 6.07) is 4.29. The monoisotopic (exact) mass is 287 g/mol. The van der Waals surface area contributed by atoms with E-state index in [1.807, 2.05) is 0 Å². The van der Waals surface area contributed by atoms with E-state index >= 15 is 0 Å². The smallest absolute Gasteiger partial charge is 0.337 e. The second-order valence-corrected chi connectivity index (χ2v) is 4.78. The lowest BCUT2D eigenvalue weighted by Crippen LogP contribution is -2.24. The molecule has 0 fully saturated rings. The number of aromatic carboxylic acids is 1. The third-order valence-electron chi connectivity index (χ3n) is 3.48. The fraction of sp³-hybridized carbons (Fsp3) is 0.231. The molecule has 0 bridgehead atoms. The Morgan fingerprint density at radius 1 is 1.43 bits per heavy atom. The van der Waals surface area contributed by atoms with Crippen LogP contribution >= 0.6 is 0 Å². The van der Waals surface area contributed by atoms with E-state index in [9.17, 15) is 14.7 Å². The standard InChI is InChI=1S/C13H13N5O3/c1-7(11-16-14-6-17(11)2)18-10-8(12(19)20)4-3-5-9(10)15-13(18)21/h3-7H,1-2H3,(H,15,21)(H,19,20). The number of carboxylic acid groups (broad SMARTS) is 1. The Kier molecular flexibility index (Phi) is 2.86. The molecule has 0 aliphatic carbocycles. The number of hydrogen-bond acceptors (Lipinski definition) is 4. The maximum absolute atomic E-state index is 12.2. The van der Waals surface area contributed by atoms with Crippen LogP contribution in [0.15, 0.2) is 29.3 Å². The molecule has 108 valence electrons. The van der Waals surface area contributed by atoms with Crippen LogP contribution in [0.4, 0.5) is 0 Å². The topological polar surface area (TPSA) is 106 Å². The van der Waals surface area contributed by atoms with Crippen LogP contribution in [-0.4, -0.2) is 35.4 Å². The van der Waals surface area contributed by atoms with Crippen molar-refractivity contribution in [3.05, 3.63) is 46.4 Å². The zero-order chi connectivity index (χ0) is 15.1. The van der Waals surface area contributed by atoms with Gasteiger partial charge in [0.1, 0.15) is 6.33 Å². The minimum Gasteiger partial charge on any atom is -0.478 e. The van der Waals surface area contributed by atoms with Gasteiger partial charge in [-0.2, -0.15) is 0 Å². The van der Waals surface area contributed by atoms with Gasteiger partial charge in [0.05, 0.1) is 22.6 Å². The molecule has 2 aromatic heterocycles. The van der Waals surface area contributed by atoms with Crippen LogP contribution in [0, 0.1) is 0 Å².